The second kappa shape index (κ2) is 7.81. The smallest absolute Gasteiger partial charge is 0.273 e. The van der Waals surface area contributed by atoms with Gasteiger partial charge in [0.1, 0.15) is 16.5 Å². The molecule has 1 aromatic carbocycles. The topological polar surface area (TPSA) is 75.3 Å². The van der Waals surface area contributed by atoms with Gasteiger partial charge in [-0.3, -0.25) is 10.2 Å². The Morgan fingerprint density at radius 2 is 1.77 bits per heavy atom. The van der Waals surface area contributed by atoms with Gasteiger partial charge < -0.3 is 0 Å². The Hall–Kier alpha value is -1.84. The number of benzene rings is 1. The normalized spacial score (nSPS) is 15.0. The van der Waals surface area contributed by atoms with E-state index >= 15 is 0 Å². The van der Waals surface area contributed by atoms with Gasteiger partial charge in [-0.2, -0.15) is 0 Å². The number of rotatable bonds is 4. The number of sulfonamides is 1. The van der Waals surface area contributed by atoms with Crippen LogP contribution in [-0.4, -0.2) is 14.3 Å². The summed E-state index contributed by atoms with van der Waals surface area (Å²) in [4.78, 5) is 14.9. The van der Waals surface area contributed by atoms with Crippen molar-refractivity contribution in [3.8, 4) is 0 Å². The fourth-order valence-electron chi connectivity index (χ4n) is 2.88. The van der Waals surface area contributed by atoms with Crippen LogP contribution in [0.3, 0.4) is 0 Å². The first kappa shape index (κ1) is 18.9. The van der Waals surface area contributed by atoms with Crippen LogP contribution in [0.1, 0.15) is 45.8 Å². The van der Waals surface area contributed by atoms with Crippen molar-refractivity contribution in [2.75, 3.05) is 0 Å². The largest absolute Gasteiger partial charge is 0.276 e. The van der Waals surface area contributed by atoms with Gasteiger partial charge in [0, 0.05) is 10.9 Å². The number of nitrogens with one attached hydrogen (secondary N) is 2. The third-order valence-electron chi connectivity index (χ3n) is 4.20. The molecule has 0 saturated heterocycles. The molecule has 1 aromatic heterocycles. The van der Waals surface area contributed by atoms with Gasteiger partial charge in [0.2, 0.25) is 0 Å². The summed E-state index contributed by atoms with van der Waals surface area (Å²) < 4.78 is 50.8. The minimum Gasteiger partial charge on any atom is -0.273 e. The third-order valence-corrected chi connectivity index (χ3v) is 6.72. The summed E-state index contributed by atoms with van der Waals surface area (Å²) in [5.74, 6) is -2.72. The summed E-state index contributed by atoms with van der Waals surface area (Å²) in [5, 5.41) is 0. The Morgan fingerprint density at radius 1 is 1.04 bits per heavy atom. The summed E-state index contributed by atoms with van der Waals surface area (Å²) in [6.07, 6.45) is 6.31. The highest BCUT2D eigenvalue weighted by molar-refractivity contribution is 7.89. The van der Waals surface area contributed by atoms with Crippen LogP contribution in [0.15, 0.2) is 29.2 Å². The second-order valence-corrected chi connectivity index (χ2v) is 8.90. The summed E-state index contributed by atoms with van der Waals surface area (Å²) in [6.45, 7) is 0. The van der Waals surface area contributed by atoms with Crippen LogP contribution in [0.4, 0.5) is 8.78 Å². The highest BCUT2D eigenvalue weighted by Crippen LogP contribution is 2.28. The minimum absolute atomic E-state index is 0.402. The number of amides is 1. The van der Waals surface area contributed by atoms with E-state index in [2.05, 4.69) is 5.43 Å². The SMILES string of the molecule is O=C(NNS(=O)(=O)c1ccc(F)cc1F)c1cc2c(s1)CCCCCC2. The van der Waals surface area contributed by atoms with Crippen molar-refractivity contribution >= 4 is 27.3 Å². The lowest BCUT2D eigenvalue weighted by atomic mass is 10.00. The first-order chi connectivity index (χ1) is 12.4. The van der Waals surface area contributed by atoms with E-state index in [9.17, 15) is 22.0 Å². The quantitative estimate of drug-likeness (QED) is 0.774. The Kier molecular flexibility index (Phi) is 5.69. The maximum absolute atomic E-state index is 13.7. The molecule has 5 nitrogen and oxygen atoms in total. The molecule has 0 atom stereocenters. The van der Waals surface area contributed by atoms with Gasteiger partial charge in [0.25, 0.3) is 15.9 Å². The van der Waals surface area contributed by atoms with E-state index in [1.165, 1.54) is 24.2 Å². The van der Waals surface area contributed by atoms with E-state index in [1.807, 2.05) is 4.83 Å². The zero-order valence-corrected chi connectivity index (χ0v) is 15.5. The van der Waals surface area contributed by atoms with E-state index in [1.54, 1.807) is 6.07 Å². The van der Waals surface area contributed by atoms with Crippen LogP contribution in [0.2, 0.25) is 0 Å². The lowest BCUT2D eigenvalue weighted by Crippen LogP contribution is -2.41. The molecule has 0 fully saturated rings. The van der Waals surface area contributed by atoms with Gasteiger partial charge in [-0.05, 0) is 49.4 Å². The number of halogens is 2. The van der Waals surface area contributed by atoms with Gasteiger partial charge in [-0.1, -0.05) is 12.8 Å². The molecule has 140 valence electrons. The number of carbonyl (C=O) groups is 1. The van der Waals surface area contributed by atoms with Crippen molar-refractivity contribution in [2.45, 2.75) is 43.4 Å². The van der Waals surface area contributed by atoms with Crippen molar-refractivity contribution in [1.29, 1.82) is 0 Å². The van der Waals surface area contributed by atoms with Gasteiger partial charge >= 0.3 is 0 Å². The van der Waals surface area contributed by atoms with Gasteiger partial charge in [-0.25, -0.2) is 17.2 Å². The molecule has 26 heavy (non-hydrogen) atoms. The number of aryl methyl sites for hydroxylation is 2. The minimum atomic E-state index is -4.34. The van der Waals surface area contributed by atoms with Crippen LogP contribution >= 0.6 is 11.3 Å². The first-order valence-corrected chi connectivity index (χ1v) is 10.6. The zero-order chi connectivity index (χ0) is 18.7. The van der Waals surface area contributed by atoms with E-state index < -0.39 is 32.5 Å². The summed E-state index contributed by atoms with van der Waals surface area (Å²) in [6, 6.07) is 3.89. The number of hydrogen-bond donors (Lipinski definition) is 2. The highest BCUT2D eigenvalue weighted by Gasteiger charge is 2.22. The second-order valence-electron chi connectivity index (χ2n) is 6.11. The molecular weight excluding hydrogens is 382 g/mol. The van der Waals surface area contributed by atoms with E-state index in [4.69, 9.17) is 0 Å². The Bertz CT molecular complexity index is 901. The van der Waals surface area contributed by atoms with E-state index in [-0.39, 0.29) is 0 Å². The van der Waals surface area contributed by atoms with Crippen LogP contribution in [0, 0.1) is 11.6 Å². The average molecular weight is 400 g/mol. The van der Waals surface area contributed by atoms with E-state index in [0.29, 0.717) is 10.9 Å². The number of carbonyl (C=O) groups excluding carboxylic acids is 1. The molecule has 1 amide bonds. The summed E-state index contributed by atoms with van der Waals surface area (Å²) in [7, 11) is -4.34. The molecule has 0 spiro atoms. The molecule has 1 aliphatic rings. The molecule has 2 N–H and O–H groups in total. The third kappa shape index (κ3) is 4.28. The van der Waals surface area contributed by atoms with Crippen molar-refractivity contribution in [2.24, 2.45) is 0 Å². The molecule has 0 bridgehead atoms. The number of hydrogen-bond acceptors (Lipinski definition) is 4. The predicted molar refractivity (Wildman–Crippen MR) is 94.3 cm³/mol. The molecule has 3 rings (SSSR count). The standard InChI is InChI=1S/C17H18F2N2O3S2/c18-12-7-8-16(13(19)10-12)26(23,24)21-20-17(22)15-9-11-5-3-1-2-4-6-14(11)25-15/h7-10,21H,1-6H2,(H,20,22). The molecule has 1 aliphatic carbocycles. The van der Waals surface area contributed by atoms with Crippen LogP contribution in [0.25, 0.3) is 0 Å². The summed E-state index contributed by atoms with van der Waals surface area (Å²) >= 11 is 1.35. The molecule has 0 saturated carbocycles. The summed E-state index contributed by atoms with van der Waals surface area (Å²) in [5.41, 5.74) is 3.22. The molecule has 1 heterocycles. The van der Waals surface area contributed by atoms with Crippen molar-refractivity contribution in [1.82, 2.24) is 10.3 Å². The van der Waals surface area contributed by atoms with Crippen LogP contribution in [-0.2, 0) is 22.9 Å². The maximum Gasteiger partial charge on any atom is 0.276 e. The molecule has 0 unspecified atom stereocenters. The molecule has 2 aromatic rings. The van der Waals surface area contributed by atoms with Crippen molar-refractivity contribution in [3.63, 3.8) is 0 Å². The fraction of sp³-hybridized carbons (Fsp3) is 0.353. The van der Waals surface area contributed by atoms with Gasteiger partial charge in [-0.15, -0.1) is 16.2 Å². The molecule has 0 radical (unpaired) electrons. The highest BCUT2D eigenvalue weighted by atomic mass is 32.2. The predicted octanol–water partition coefficient (Wildman–Crippen LogP) is 3.31. The van der Waals surface area contributed by atoms with E-state index in [0.717, 1.165) is 48.3 Å². The molecule has 0 aliphatic heterocycles. The van der Waals surface area contributed by atoms with Gasteiger partial charge in [0.05, 0.1) is 4.88 Å². The average Bonchev–Trinajstić information content (AvgIpc) is 2.94. The van der Waals surface area contributed by atoms with Crippen molar-refractivity contribution in [3.05, 3.63) is 51.2 Å². The fourth-order valence-corrected chi connectivity index (χ4v) is 4.93. The lowest BCUT2D eigenvalue weighted by Gasteiger charge is -2.08. The number of fused-ring (bicyclic) bond motifs is 1. The monoisotopic (exact) mass is 400 g/mol. The lowest BCUT2D eigenvalue weighted by molar-refractivity contribution is 0.0949. The number of thiophene rings is 1. The first-order valence-electron chi connectivity index (χ1n) is 8.25. The zero-order valence-electron chi connectivity index (χ0n) is 13.8. The Labute approximate surface area is 154 Å². The Balaban J connectivity index is 1.71. The van der Waals surface area contributed by atoms with Crippen LogP contribution < -0.4 is 10.3 Å². The van der Waals surface area contributed by atoms with Gasteiger partial charge in [0.15, 0.2) is 0 Å². The molecular formula is C17H18F2N2O3S2. The number of hydrazine groups is 1. The van der Waals surface area contributed by atoms with Crippen molar-refractivity contribution < 1.29 is 22.0 Å². The Morgan fingerprint density at radius 3 is 2.50 bits per heavy atom. The molecule has 9 heteroatoms. The maximum atomic E-state index is 13.7. The van der Waals surface area contributed by atoms with Crippen LogP contribution in [0.5, 0.6) is 0 Å².